The molecule has 1 amide bonds. The molecule has 0 aliphatic carbocycles. The SMILES string of the molecule is O=C(O)C1CC2CCC1N2C(=O)c1cc(Cl)cc(Cl)c1I. The summed E-state index contributed by atoms with van der Waals surface area (Å²) in [5, 5.41) is 10.1. The number of fused-ring (bicyclic) bond motifs is 2. The minimum atomic E-state index is -0.821. The van der Waals surface area contributed by atoms with Gasteiger partial charge in [0.05, 0.1) is 16.5 Å². The molecule has 1 aromatic rings. The number of carboxylic acid groups (broad SMARTS) is 1. The topological polar surface area (TPSA) is 57.6 Å². The van der Waals surface area contributed by atoms with Crippen LogP contribution in [0.15, 0.2) is 12.1 Å². The van der Waals surface area contributed by atoms with Crippen LogP contribution in [0.25, 0.3) is 0 Å². The van der Waals surface area contributed by atoms with E-state index in [4.69, 9.17) is 23.2 Å². The molecule has 0 aromatic heterocycles. The molecule has 2 bridgehead atoms. The van der Waals surface area contributed by atoms with E-state index in [2.05, 4.69) is 0 Å². The van der Waals surface area contributed by atoms with Crippen LogP contribution in [0.4, 0.5) is 0 Å². The molecule has 3 rings (SSSR count). The molecule has 0 spiro atoms. The molecule has 2 saturated heterocycles. The van der Waals surface area contributed by atoms with Gasteiger partial charge in [0.1, 0.15) is 0 Å². The van der Waals surface area contributed by atoms with E-state index < -0.39 is 11.9 Å². The van der Waals surface area contributed by atoms with Crippen molar-refractivity contribution in [3.8, 4) is 0 Å². The van der Waals surface area contributed by atoms with Crippen molar-refractivity contribution >= 4 is 57.7 Å². The predicted octanol–water partition coefficient (Wildman–Crippen LogP) is 3.68. The summed E-state index contributed by atoms with van der Waals surface area (Å²) in [4.78, 5) is 25.8. The third-order valence-electron chi connectivity index (χ3n) is 4.31. The lowest BCUT2D eigenvalue weighted by Gasteiger charge is -2.24. The minimum absolute atomic E-state index is 0.0113. The maximum atomic E-state index is 12.8. The van der Waals surface area contributed by atoms with Gasteiger partial charge >= 0.3 is 5.97 Å². The highest BCUT2D eigenvalue weighted by atomic mass is 127. The number of halogens is 3. The zero-order chi connectivity index (χ0) is 15.3. The smallest absolute Gasteiger partial charge is 0.308 e. The van der Waals surface area contributed by atoms with Crippen molar-refractivity contribution in [2.24, 2.45) is 5.92 Å². The first kappa shape index (κ1) is 15.4. The van der Waals surface area contributed by atoms with Crippen LogP contribution in [0, 0.1) is 9.49 Å². The number of nitrogens with zero attached hydrogens (tertiary/aromatic N) is 1. The van der Waals surface area contributed by atoms with Gasteiger partial charge in [-0.2, -0.15) is 0 Å². The number of carboxylic acids is 1. The Morgan fingerprint density at radius 3 is 2.62 bits per heavy atom. The van der Waals surface area contributed by atoms with Crippen LogP contribution in [0.1, 0.15) is 29.6 Å². The number of hydrogen-bond donors (Lipinski definition) is 1. The summed E-state index contributed by atoms with van der Waals surface area (Å²) >= 11 is 14.1. The average molecular weight is 440 g/mol. The largest absolute Gasteiger partial charge is 0.481 e. The molecule has 7 heteroatoms. The van der Waals surface area contributed by atoms with Gasteiger partial charge in [0.25, 0.3) is 5.91 Å². The number of carbonyl (C=O) groups excluding carboxylic acids is 1. The Labute approximate surface area is 145 Å². The summed E-state index contributed by atoms with van der Waals surface area (Å²) in [6.45, 7) is 0. The molecule has 112 valence electrons. The second-order valence-electron chi connectivity index (χ2n) is 5.44. The van der Waals surface area contributed by atoms with Crippen molar-refractivity contribution in [2.75, 3.05) is 0 Å². The number of benzene rings is 1. The Bertz CT molecular complexity index is 637. The summed E-state index contributed by atoms with van der Waals surface area (Å²) in [5.74, 6) is -1.45. The first-order valence-electron chi connectivity index (χ1n) is 6.60. The van der Waals surface area contributed by atoms with Gasteiger partial charge in [0.2, 0.25) is 0 Å². The van der Waals surface area contributed by atoms with Crippen LogP contribution in [0.2, 0.25) is 10.0 Å². The monoisotopic (exact) mass is 439 g/mol. The molecule has 4 nitrogen and oxygen atoms in total. The summed E-state index contributed by atoms with van der Waals surface area (Å²) in [6, 6.07) is 3.00. The molecule has 0 saturated carbocycles. The van der Waals surface area contributed by atoms with E-state index >= 15 is 0 Å². The van der Waals surface area contributed by atoms with E-state index in [-0.39, 0.29) is 18.0 Å². The standard InChI is InChI=1S/C14H12Cl2INO3/c15-6-3-9(12(17)10(16)4-6)13(19)18-7-1-2-11(18)8(5-7)14(20)21/h3-4,7-8,11H,1-2,5H2,(H,20,21). The average Bonchev–Trinajstić information content (AvgIpc) is 2.99. The Morgan fingerprint density at radius 2 is 2.00 bits per heavy atom. The van der Waals surface area contributed by atoms with Gasteiger partial charge in [-0.25, -0.2) is 0 Å². The molecule has 0 radical (unpaired) electrons. The molecule has 3 unspecified atom stereocenters. The fraction of sp³-hybridized carbons (Fsp3) is 0.429. The van der Waals surface area contributed by atoms with E-state index in [9.17, 15) is 14.7 Å². The first-order valence-corrected chi connectivity index (χ1v) is 8.43. The second kappa shape index (κ2) is 5.59. The van der Waals surface area contributed by atoms with Gasteiger partial charge in [-0.3, -0.25) is 9.59 Å². The van der Waals surface area contributed by atoms with Crippen molar-refractivity contribution in [1.82, 2.24) is 4.90 Å². The van der Waals surface area contributed by atoms with Crippen molar-refractivity contribution in [3.05, 3.63) is 31.3 Å². The molecule has 21 heavy (non-hydrogen) atoms. The lowest BCUT2D eigenvalue weighted by Crippen LogP contribution is -2.38. The second-order valence-corrected chi connectivity index (χ2v) is 7.36. The minimum Gasteiger partial charge on any atom is -0.481 e. The Hall–Kier alpha value is -0.530. The van der Waals surface area contributed by atoms with Gasteiger partial charge in [-0.15, -0.1) is 0 Å². The molecule has 3 atom stereocenters. The quantitative estimate of drug-likeness (QED) is 0.564. The van der Waals surface area contributed by atoms with Crippen LogP contribution in [0.3, 0.4) is 0 Å². The molecular formula is C14H12Cl2INO3. The summed E-state index contributed by atoms with van der Waals surface area (Å²) < 4.78 is 0.654. The normalized spacial score (nSPS) is 27.2. The van der Waals surface area contributed by atoms with Crippen LogP contribution >= 0.6 is 45.8 Å². The van der Waals surface area contributed by atoms with Gasteiger partial charge < -0.3 is 10.0 Å². The third kappa shape index (κ3) is 2.53. The van der Waals surface area contributed by atoms with E-state index in [1.165, 1.54) is 0 Å². The zero-order valence-electron chi connectivity index (χ0n) is 10.9. The fourth-order valence-electron chi connectivity index (χ4n) is 3.42. The number of hydrogen-bond acceptors (Lipinski definition) is 2. The van der Waals surface area contributed by atoms with E-state index in [0.717, 1.165) is 12.8 Å². The number of carbonyl (C=O) groups is 2. The fourth-order valence-corrected chi connectivity index (χ4v) is 4.46. The molecule has 2 aliphatic heterocycles. The molecule has 1 N–H and O–H groups in total. The lowest BCUT2D eigenvalue weighted by atomic mass is 9.89. The van der Waals surface area contributed by atoms with Crippen molar-refractivity contribution in [1.29, 1.82) is 0 Å². The van der Waals surface area contributed by atoms with Crippen molar-refractivity contribution in [2.45, 2.75) is 31.3 Å². The Balaban J connectivity index is 1.95. The van der Waals surface area contributed by atoms with E-state index in [1.807, 2.05) is 22.6 Å². The highest BCUT2D eigenvalue weighted by Gasteiger charge is 2.51. The van der Waals surface area contributed by atoms with Gasteiger partial charge in [0, 0.05) is 20.7 Å². The van der Waals surface area contributed by atoms with Gasteiger partial charge in [-0.1, -0.05) is 23.2 Å². The zero-order valence-corrected chi connectivity index (χ0v) is 14.5. The lowest BCUT2D eigenvalue weighted by molar-refractivity contribution is -0.142. The number of amides is 1. The first-order chi connectivity index (χ1) is 9.90. The Morgan fingerprint density at radius 1 is 1.29 bits per heavy atom. The summed E-state index contributed by atoms with van der Waals surface area (Å²) in [7, 11) is 0. The summed E-state index contributed by atoms with van der Waals surface area (Å²) in [6.07, 6.45) is 2.15. The molecule has 1 aromatic carbocycles. The maximum Gasteiger partial charge on any atom is 0.308 e. The highest BCUT2D eigenvalue weighted by molar-refractivity contribution is 14.1. The van der Waals surface area contributed by atoms with E-state index in [1.54, 1.807) is 17.0 Å². The van der Waals surface area contributed by atoms with Crippen LogP contribution in [0.5, 0.6) is 0 Å². The number of rotatable bonds is 2. The molecular weight excluding hydrogens is 428 g/mol. The summed E-state index contributed by atoms with van der Waals surface area (Å²) in [5.41, 5.74) is 0.455. The van der Waals surface area contributed by atoms with Gasteiger partial charge in [-0.05, 0) is 54.0 Å². The van der Waals surface area contributed by atoms with Crippen molar-refractivity contribution in [3.63, 3.8) is 0 Å². The number of aliphatic carboxylic acids is 1. The van der Waals surface area contributed by atoms with E-state index in [0.29, 0.717) is 25.6 Å². The van der Waals surface area contributed by atoms with Crippen LogP contribution in [-0.4, -0.2) is 34.0 Å². The van der Waals surface area contributed by atoms with Gasteiger partial charge in [0.15, 0.2) is 0 Å². The molecule has 2 heterocycles. The highest BCUT2D eigenvalue weighted by Crippen LogP contribution is 2.43. The maximum absolute atomic E-state index is 12.8. The van der Waals surface area contributed by atoms with Crippen LogP contribution in [-0.2, 0) is 4.79 Å². The molecule has 2 aliphatic rings. The van der Waals surface area contributed by atoms with Crippen LogP contribution < -0.4 is 0 Å². The third-order valence-corrected chi connectivity index (χ3v) is 6.31. The van der Waals surface area contributed by atoms with Crippen molar-refractivity contribution < 1.29 is 14.7 Å². The Kier molecular flexibility index (Phi) is 4.09. The predicted molar refractivity (Wildman–Crippen MR) is 87.9 cm³/mol. The molecule has 2 fully saturated rings.